The third kappa shape index (κ3) is 3.38. The van der Waals surface area contributed by atoms with Crippen molar-refractivity contribution in [1.29, 1.82) is 0 Å². The van der Waals surface area contributed by atoms with E-state index in [9.17, 15) is 28.1 Å². The number of amides is 1. The maximum absolute atomic E-state index is 12.8. The fourth-order valence-electron chi connectivity index (χ4n) is 2.70. The first-order chi connectivity index (χ1) is 10.6. The van der Waals surface area contributed by atoms with Crippen LogP contribution < -0.4 is 4.90 Å². The minimum absolute atomic E-state index is 0.0423. The van der Waals surface area contributed by atoms with Crippen molar-refractivity contribution in [3.63, 3.8) is 0 Å². The summed E-state index contributed by atoms with van der Waals surface area (Å²) in [6, 6.07) is 1.80. The fourth-order valence-corrected chi connectivity index (χ4v) is 2.70. The summed E-state index contributed by atoms with van der Waals surface area (Å²) in [5.41, 5.74) is -1.68. The second-order valence-electron chi connectivity index (χ2n) is 5.54. The Balaban J connectivity index is 2.46. The minimum Gasteiger partial charge on any atom is -0.354 e. The Morgan fingerprint density at radius 2 is 2.04 bits per heavy atom. The van der Waals surface area contributed by atoms with Crippen molar-refractivity contribution in [3.8, 4) is 0 Å². The van der Waals surface area contributed by atoms with Gasteiger partial charge in [-0.3, -0.25) is 14.9 Å². The van der Waals surface area contributed by atoms with Crippen LogP contribution in [0.1, 0.15) is 18.4 Å². The number of carbonyl (C=O) groups is 1. The van der Waals surface area contributed by atoms with Gasteiger partial charge in [0, 0.05) is 26.7 Å². The zero-order chi connectivity index (χ0) is 17.4. The summed E-state index contributed by atoms with van der Waals surface area (Å²) in [5.74, 6) is -0.225. The highest BCUT2D eigenvalue weighted by Gasteiger charge is 2.38. The Labute approximate surface area is 130 Å². The Morgan fingerprint density at radius 1 is 1.39 bits per heavy atom. The third-order valence-electron chi connectivity index (χ3n) is 3.79. The molecule has 2 rings (SSSR count). The van der Waals surface area contributed by atoms with Gasteiger partial charge in [-0.25, -0.2) is 0 Å². The molecule has 1 amide bonds. The highest BCUT2D eigenvalue weighted by molar-refractivity contribution is 5.86. The molecule has 23 heavy (non-hydrogen) atoms. The highest BCUT2D eigenvalue weighted by atomic mass is 19.4. The van der Waals surface area contributed by atoms with Crippen LogP contribution in [0, 0.1) is 10.1 Å². The molecule has 9 heteroatoms. The van der Waals surface area contributed by atoms with E-state index in [1.54, 1.807) is 14.1 Å². The van der Waals surface area contributed by atoms with Gasteiger partial charge in [0.25, 0.3) is 5.69 Å². The van der Waals surface area contributed by atoms with Crippen molar-refractivity contribution < 1.29 is 22.9 Å². The van der Waals surface area contributed by atoms with Crippen molar-refractivity contribution in [2.75, 3.05) is 25.5 Å². The Hall–Kier alpha value is -2.32. The van der Waals surface area contributed by atoms with Gasteiger partial charge >= 0.3 is 6.18 Å². The number of nitro benzene ring substituents is 1. The van der Waals surface area contributed by atoms with Gasteiger partial charge in [-0.1, -0.05) is 0 Å². The number of nitrogens with zero attached hydrogens (tertiary/aromatic N) is 3. The zero-order valence-electron chi connectivity index (χ0n) is 12.6. The van der Waals surface area contributed by atoms with Crippen LogP contribution in [0.25, 0.3) is 0 Å². The number of hydrogen-bond acceptors (Lipinski definition) is 4. The van der Waals surface area contributed by atoms with E-state index in [0.717, 1.165) is 12.1 Å². The quantitative estimate of drug-likeness (QED) is 0.631. The fraction of sp³-hybridized carbons (Fsp3) is 0.500. The van der Waals surface area contributed by atoms with Crippen molar-refractivity contribution in [2.45, 2.75) is 25.1 Å². The SMILES string of the molecule is CN(C)C(=O)C1CCCN1c1ccc(C(F)(F)F)cc1[N+](=O)[O-]. The first kappa shape index (κ1) is 17.0. The standard InChI is InChI=1S/C14H16F3N3O3/c1-18(2)13(21)11-4-3-7-19(11)10-6-5-9(14(15,16)17)8-12(10)20(22)23/h5-6,8,11H,3-4,7H2,1-2H3. The predicted molar refractivity (Wildman–Crippen MR) is 77.2 cm³/mol. The molecule has 0 aromatic heterocycles. The number of likely N-dealkylation sites (N-methyl/N-ethyl adjacent to an activating group) is 1. The van der Waals surface area contributed by atoms with Gasteiger partial charge in [-0.15, -0.1) is 0 Å². The molecule has 0 radical (unpaired) electrons. The van der Waals surface area contributed by atoms with E-state index < -0.39 is 28.4 Å². The van der Waals surface area contributed by atoms with Gasteiger partial charge < -0.3 is 9.80 Å². The highest BCUT2D eigenvalue weighted by Crippen LogP contribution is 2.38. The van der Waals surface area contributed by atoms with Gasteiger partial charge in [0.1, 0.15) is 11.7 Å². The van der Waals surface area contributed by atoms with Crippen LogP contribution in [0.4, 0.5) is 24.5 Å². The molecule has 1 aliphatic heterocycles. The van der Waals surface area contributed by atoms with E-state index in [4.69, 9.17) is 0 Å². The molecule has 0 N–H and O–H groups in total. The summed E-state index contributed by atoms with van der Waals surface area (Å²) < 4.78 is 38.3. The van der Waals surface area contributed by atoms with Crippen LogP contribution in [-0.2, 0) is 11.0 Å². The van der Waals surface area contributed by atoms with Gasteiger partial charge in [-0.05, 0) is 25.0 Å². The van der Waals surface area contributed by atoms with Crippen LogP contribution in [0.5, 0.6) is 0 Å². The summed E-state index contributed by atoms with van der Waals surface area (Å²) in [6.45, 7) is 0.385. The van der Waals surface area contributed by atoms with E-state index in [0.29, 0.717) is 25.5 Å². The topological polar surface area (TPSA) is 66.7 Å². The van der Waals surface area contributed by atoms with Gasteiger partial charge in [0.15, 0.2) is 0 Å². The summed E-state index contributed by atoms with van der Waals surface area (Å²) in [7, 11) is 3.14. The summed E-state index contributed by atoms with van der Waals surface area (Å²) >= 11 is 0. The maximum atomic E-state index is 12.8. The number of anilines is 1. The number of alkyl halides is 3. The molecule has 1 aromatic carbocycles. The van der Waals surface area contributed by atoms with E-state index in [2.05, 4.69) is 0 Å². The summed E-state index contributed by atoms with van der Waals surface area (Å²) in [4.78, 5) is 25.4. The van der Waals surface area contributed by atoms with E-state index in [1.807, 2.05) is 0 Å². The van der Waals surface area contributed by atoms with Crippen LogP contribution in [0.3, 0.4) is 0 Å². The summed E-state index contributed by atoms with van der Waals surface area (Å²) in [5, 5.41) is 11.2. The molecule has 126 valence electrons. The Kier molecular flexibility index (Phi) is 4.49. The normalized spacial score (nSPS) is 18.1. The van der Waals surface area contributed by atoms with Crippen molar-refractivity contribution in [1.82, 2.24) is 4.90 Å². The van der Waals surface area contributed by atoms with E-state index in [1.165, 1.54) is 9.80 Å². The monoisotopic (exact) mass is 331 g/mol. The first-order valence-electron chi connectivity index (χ1n) is 6.96. The van der Waals surface area contributed by atoms with Crippen molar-refractivity contribution in [3.05, 3.63) is 33.9 Å². The lowest BCUT2D eigenvalue weighted by Gasteiger charge is -2.27. The molecule has 0 bridgehead atoms. The molecule has 0 spiro atoms. The first-order valence-corrected chi connectivity index (χ1v) is 6.96. The maximum Gasteiger partial charge on any atom is 0.416 e. The van der Waals surface area contributed by atoms with Crippen molar-refractivity contribution in [2.24, 2.45) is 0 Å². The molecule has 1 fully saturated rings. The molecule has 6 nitrogen and oxygen atoms in total. The Bertz CT molecular complexity index is 631. The molecule has 1 aliphatic rings. The van der Waals surface area contributed by atoms with Gasteiger partial charge in [0.05, 0.1) is 10.5 Å². The van der Waals surface area contributed by atoms with Crippen LogP contribution in [-0.4, -0.2) is 42.4 Å². The number of hydrogen-bond donors (Lipinski definition) is 0. The number of nitro groups is 1. The number of rotatable bonds is 3. The van der Waals surface area contributed by atoms with Gasteiger partial charge in [-0.2, -0.15) is 13.2 Å². The van der Waals surface area contributed by atoms with Crippen LogP contribution >= 0.6 is 0 Å². The molecule has 1 aromatic rings. The second kappa shape index (κ2) is 6.05. The van der Waals surface area contributed by atoms with E-state index >= 15 is 0 Å². The molecule has 1 saturated heterocycles. The molecule has 1 atom stereocenters. The largest absolute Gasteiger partial charge is 0.416 e. The zero-order valence-corrected chi connectivity index (χ0v) is 12.6. The molecular weight excluding hydrogens is 315 g/mol. The number of benzene rings is 1. The predicted octanol–water partition coefficient (Wildman–Crippen LogP) is 2.67. The third-order valence-corrected chi connectivity index (χ3v) is 3.79. The number of halogens is 3. The number of carbonyl (C=O) groups excluding carboxylic acids is 1. The molecular formula is C14H16F3N3O3. The lowest BCUT2D eigenvalue weighted by atomic mass is 10.1. The molecule has 0 saturated carbocycles. The molecule has 0 aliphatic carbocycles. The Morgan fingerprint density at radius 3 is 2.57 bits per heavy atom. The lowest BCUT2D eigenvalue weighted by molar-refractivity contribution is -0.384. The summed E-state index contributed by atoms with van der Waals surface area (Å²) in [6.07, 6.45) is -3.51. The minimum atomic E-state index is -4.66. The van der Waals surface area contributed by atoms with Gasteiger partial charge in [0.2, 0.25) is 5.91 Å². The molecule has 1 heterocycles. The second-order valence-corrected chi connectivity index (χ2v) is 5.54. The van der Waals surface area contributed by atoms with Crippen LogP contribution in [0.15, 0.2) is 18.2 Å². The average molecular weight is 331 g/mol. The lowest BCUT2D eigenvalue weighted by Crippen LogP contribution is -2.43. The smallest absolute Gasteiger partial charge is 0.354 e. The van der Waals surface area contributed by atoms with Crippen LogP contribution in [0.2, 0.25) is 0 Å². The van der Waals surface area contributed by atoms with E-state index in [-0.39, 0.29) is 11.6 Å². The molecule has 1 unspecified atom stereocenters. The van der Waals surface area contributed by atoms with Crippen molar-refractivity contribution >= 4 is 17.3 Å². The average Bonchev–Trinajstić information content (AvgIpc) is 2.93.